The van der Waals surface area contributed by atoms with Gasteiger partial charge >= 0.3 is 0 Å². The van der Waals surface area contributed by atoms with Crippen molar-refractivity contribution in [2.75, 3.05) is 0 Å². The van der Waals surface area contributed by atoms with Crippen LogP contribution in [0.1, 0.15) is 101 Å². The van der Waals surface area contributed by atoms with E-state index in [0.29, 0.717) is 0 Å². The normalized spacial score (nSPS) is 12.6. The third kappa shape index (κ3) is 5.76. The Balaban J connectivity index is 3.19. The standard InChI is InChI=1S/C21H36O/c1-5-9-12-17-15-18(13-10-6-2)21(20(22)8-4)19(16-17)14-11-7-3/h15-16,20,22H,5-14H2,1-4H3. The van der Waals surface area contributed by atoms with Crippen molar-refractivity contribution in [2.24, 2.45) is 0 Å². The molecule has 0 aromatic heterocycles. The maximum absolute atomic E-state index is 10.6. The molecule has 0 saturated carbocycles. The number of benzene rings is 1. The number of rotatable bonds is 11. The van der Waals surface area contributed by atoms with E-state index in [0.717, 1.165) is 19.3 Å². The first kappa shape index (κ1) is 19.2. The summed E-state index contributed by atoms with van der Waals surface area (Å²) >= 11 is 0. The highest BCUT2D eigenvalue weighted by Crippen LogP contribution is 2.30. The predicted octanol–water partition coefficient (Wildman–Crippen LogP) is 6.16. The number of unbranched alkanes of at least 4 members (excludes halogenated alkanes) is 3. The molecule has 126 valence electrons. The molecular formula is C21H36O. The van der Waals surface area contributed by atoms with Gasteiger partial charge in [-0.15, -0.1) is 0 Å². The van der Waals surface area contributed by atoms with Crippen LogP contribution in [-0.2, 0) is 19.3 Å². The molecule has 1 aromatic rings. The summed E-state index contributed by atoms with van der Waals surface area (Å²) in [5, 5.41) is 10.6. The van der Waals surface area contributed by atoms with Crippen molar-refractivity contribution in [1.82, 2.24) is 0 Å². The van der Waals surface area contributed by atoms with Gasteiger partial charge in [-0.05, 0) is 67.2 Å². The Hall–Kier alpha value is -0.820. The van der Waals surface area contributed by atoms with Crippen molar-refractivity contribution in [2.45, 2.75) is 98.0 Å². The first-order chi connectivity index (χ1) is 10.7. The van der Waals surface area contributed by atoms with Crippen molar-refractivity contribution >= 4 is 0 Å². The molecule has 0 bridgehead atoms. The first-order valence-corrected chi connectivity index (χ1v) is 9.50. The minimum absolute atomic E-state index is 0.293. The van der Waals surface area contributed by atoms with E-state index in [4.69, 9.17) is 0 Å². The van der Waals surface area contributed by atoms with Gasteiger partial charge in [0.1, 0.15) is 0 Å². The molecule has 0 fully saturated rings. The molecular weight excluding hydrogens is 268 g/mol. The molecule has 0 heterocycles. The smallest absolute Gasteiger partial charge is 0.0792 e. The van der Waals surface area contributed by atoms with E-state index in [-0.39, 0.29) is 6.10 Å². The monoisotopic (exact) mass is 304 g/mol. The van der Waals surface area contributed by atoms with Crippen LogP contribution < -0.4 is 0 Å². The lowest BCUT2D eigenvalue weighted by Gasteiger charge is -2.21. The average molecular weight is 305 g/mol. The zero-order valence-corrected chi connectivity index (χ0v) is 15.3. The first-order valence-electron chi connectivity index (χ1n) is 9.50. The third-order valence-electron chi connectivity index (χ3n) is 4.55. The highest BCUT2D eigenvalue weighted by Gasteiger charge is 2.16. The SMILES string of the molecule is CCCCc1cc(CCCC)c(C(O)CC)c(CCCC)c1. The van der Waals surface area contributed by atoms with Gasteiger partial charge in [-0.25, -0.2) is 0 Å². The van der Waals surface area contributed by atoms with Crippen LogP contribution in [0.4, 0.5) is 0 Å². The van der Waals surface area contributed by atoms with E-state index in [2.05, 4.69) is 39.8 Å². The molecule has 1 atom stereocenters. The van der Waals surface area contributed by atoms with Crippen LogP contribution in [-0.4, -0.2) is 5.11 Å². The Morgan fingerprint density at radius 3 is 1.64 bits per heavy atom. The van der Waals surface area contributed by atoms with Crippen LogP contribution in [0.3, 0.4) is 0 Å². The summed E-state index contributed by atoms with van der Waals surface area (Å²) in [5.41, 5.74) is 5.56. The summed E-state index contributed by atoms with van der Waals surface area (Å²) in [6, 6.07) is 4.77. The molecule has 1 unspecified atom stereocenters. The fraction of sp³-hybridized carbons (Fsp3) is 0.714. The van der Waals surface area contributed by atoms with Crippen LogP contribution in [0.15, 0.2) is 12.1 Å². The van der Waals surface area contributed by atoms with Gasteiger partial charge in [0.05, 0.1) is 6.10 Å². The number of aliphatic hydroxyl groups is 1. The van der Waals surface area contributed by atoms with Crippen LogP contribution in [0.5, 0.6) is 0 Å². The molecule has 22 heavy (non-hydrogen) atoms. The average Bonchev–Trinajstić information content (AvgIpc) is 2.55. The lowest BCUT2D eigenvalue weighted by Crippen LogP contribution is -2.08. The second kappa shape index (κ2) is 10.8. The Bertz CT molecular complexity index is 393. The van der Waals surface area contributed by atoms with Crippen molar-refractivity contribution in [3.63, 3.8) is 0 Å². The molecule has 0 aliphatic carbocycles. The molecule has 1 rings (SSSR count). The van der Waals surface area contributed by atoms with Crippen LogP contribution in [0, 0.1) is 0 Å². The Morgan fingerprint density at radius 2 is 1.23 bits per heavy atom. The van der Waals surface area contributed by atoms with Crippen molar-refractivity contribution in [1.29, 1.82) is 0 Å². The molecule has 1 nitrogen and oxygen atoms in total. The minimum atomic E-state index is -0.293. The topological polar surface area (TPSA) is 20.2 Å². The molecule has 0 saturated heterocycles. The molecule has 0 radical (unpaired) electrons. The largest absolute Gasteiger partial charge is 0.388 e. The van der Waals surface area contributed by atoms with E-state index in [1.807, 2.05) is 0 Å². The second-order valence-electron chi connectivity index (χ2n) is 6.56. The van der Waals surface area contributed by atoms with E-state index < -0.39 is 0 Å². The Labute approximate surface area is 138 Å². The summed E-state index contributed by atoms with van der Waals surface area (Å²) in [6.07, 6.45) is 11.3. The van der Waals surface area contributed by atoms with Crippen LogP contribution in [0.25, 0.3) is 0 Å². The summed E-state index contributed by atoms with van der Waals surface area (Å²) in [6.45, 7) is 8.83. The summed E-state index contributed by atoms with van der Waals surface area (Å²) < 4.78 is 0. The number of aliphatic hydroxyl groups excluding tert-OH is 1. The Kier molecular flexibility index (Phi) is 9.47. The van der Waals surface area contributed by atoms with Gasteiger partial charge in [0.25, 0.3) is 0 Å². The van der Waals surface area contributed by atoms with Gasteiger partial charge in [0, 0.05) is 0 Å². The molecule has 1 aromatic carbocycles. The molecule has 0 amide bonds. The lowest BCUT2D eigenvalue weighted by molar-refractivity contribution is 0.171. The van der Waals surface area contributed by atoms with Crippen molar-refractivity contribution < 1.29 is 5.11 Å². The van der Waals surface area contributed by atoms with Crippen LogP contribution >= 0.6 is 0 Å². The molecule has 0 aliphatic heterocycles. The predicted molar refractivity (Wildman–Crippen MR) is 97.5 cm³/mol. The zero-order chi connectivity index (χ0) is 16.4. The van der Waals surface area contributed by atoms with Gasteiger partial charge in [-0.3, -0.25) is 0 Å². The van der Waals surface area contributed by atoms with Gasteiger partial charge in [-0.2, -0.15) is 0 Å². The highest BCUT2D eigenvalue weighted by atomic mass is 16.3. The van der Waals surface area contributed by atoms with E-state index in [9.17, 15) is 5.11 Å². The van der Waals surface area contributed by atoms with Crippen molar-refractivity contribution in [3.05, 3.63) is 34.4 Å². The third-order valence-corrected chi connectivity index (χ3v) is 4.55. The van der Waals surface area contributed by atoms with Gasteiger partial charge < -0.3 is 5.11 Å². The van der Waals surface area contributed by atoms with Crippen LogP contribution in [0.2, 0.25) is 0 Å². The fourth-order valence-corrected chi connectivity index (χ4v) is 3.16. The second-order valence-corrected chi connectivity index (χ2v) is 6.56. The molecule has 0 spiro atoms. The summed E-state index contributed by atoms with van der Waals surface area (Å²) in [7, 11) is 0. The molecule has 1 heteroatoms. The van der Waals surface area contributed by atoms with Gasteiger partial charge in [0.15, 0.2) is 0 Å². The van der Waals surface area contributed by atoms with Crippen molar-refractivity contribution in [3.8, 4) is 0 Å². The summed E-state index contributed by atoms with van der Waals surface area (Å²) in [5.74, 6) is 0. The molecule has 1 N–H and O–H groups in total. The lowest BCUT2D eigenvalue weighted by atomic mass is 9.87. The molecule has 0 aliphatic rings. The maximum Gasteiger partial charge on any atom is 0.0792 e. The number of hydrogen-bond acceptors (Lipinski definition) is 1. The van der Waals surface area contributed by atoms with Gasteiger partial charge in [0.2, 0.25) is 0 Å². The Morgan fingerprint density at radius 1 is 0.773 bits per heavy atom. The highest BCUT2D eigenvalue weighted by molar-refractivity contribution is 5.41. The quantitative estimate of drug-likeness (QED) is 0.519. The minimum Gasteiger partial charge on any atom is -0.388 e. The zero-order valence-electron chi connectivity index (χ0n) is 15.3. The fourth-order valence-electron chi connectivity index (χ4n) is 3.16. The number of hydrogen-bond donors (Lipinski definition) is 1. The van der Waals surface area contributed by atoms with E-state index in [1.54, 1.807) is 0 Å². The van der Waals surface area contributed by atoms with E-state index >= 15 is 0 Å². The van der Waals surface area contributed by atoms with Gasteiger partial charge in [-0.1, -0.05) is 59.1 Å². The summed E-state index contributed by atoms with van der Waals surface area (Å²) in [4.78, 5) is 0. The van der Waals surface area contributed by atoms with E-state index in [1.165, 1.54) is 67.2 Å². The maximum atomic E-state index is 10.6. The number of aryl methyl sites for hydroxylation is 3.